The van der Waals surface area contributed by atoms with Gasteiger partial charge in [-0.05, 0) is 37.6 Å². The Morgan fingerprint density at radius 2 is 1.77 bits per heavy atom. The van der Waals surface area contributed by atoms with Gasteiger partial charge < -0.3 is 4.90 Å². The van der Waals surface area contributed by atoms with Gasteiger partial charge in [0.15, 0.2) is 4.34 Å². The molecule has 0 bridgehead atoms. The molecule has 1 aromatic heterocycles. The molecule has 1 fully saturated rings. The van der Waals surface area contributed by atoms with Gasteiger partial charge in [0.25, 0.3) is 0 Å². The fraction of sp³-hybridized carbons (Fsp3) is 0.364. The van der Waals surface area contributed by atoms with Gasteiger partial charge in [0.05, 0.1) is 15.1 Å². The van der Waals surface area contributed by atoms with E-state index in [1.165, 1.54) is 9.01 Å². The quantitative estimate of drug-likeness (QED) is 0.381. The maximum absolute atomic E-state index is 12.8. The van der Waals surface area contributed by atoms with E-state index in [0.717, 1.165) is 27.6 Å². The molecule has 1 saturated heterocycles. The minimum absolute atomic E-state index is 0.0947. The number of sulfonamides is 1. The van der Waals surface area contributed by atoms with Crippen LogP contribution >= 0.6 is 23.1 Å². The molecule has 2 heterocycles. The van der Waals surface area contributed by atoms with Crippen molar-refractivity contribution in [2.75, 3.05) is 31.9 Å². The van der Waals surface area contributed by atoms with Crippen LogP contribution in [-0.4, -0.2) is 60.4 Å². The molecular formula is C22H25N3O3S3. The van der Waals surface area contributed by atoms with Crippen molar-refractivity contribution in [1.29, 1.82) is 0 Å². The van der Waals surface area contributed by atoms with E-state index >= 15 is 0 Å². The van der Waals surface area contributed by atoms with Gasteiger partial charge in [0, 0.05) is 38.4 Å². The van der Waals surface area contributed by atoms with Gasteiger partial charge in [-0.3, -0.25) is 4.79 Å². The molecule has 0 spiro atoms. The van der Waals surface area contributed by atoms with Crippen LogP contribution in [-0.2, 0) is 14.8 Å². The van der Waals surface area contributed by atoms with E-state index in [2.05, 4.69) is 11.1 Å². The van der Waals surface area contributed by atoms with Crippen molar-refractivity contribution in [3.63, 3.8) is 0 Å². The number of amides is 1. The average Bonchev–Trinajstić information content (AvgIpc) is 3.20. The summed E-state index contributed by atoms with van der Waals surface area (Å²) in [5.74, 6) is 0.935. The molecule has 1 amide bonds. The third kappa shape index (κ3) is 5.28. The van der Waals surface area contributed by atoms with E-state index in [1.807, 2.05) is 25.1 Å². The number of rotatable bonds is 7. The molecule has 2 aromatic carbocycles. The highest BCUT2D eigenvalue weighted by molar-refractivity contribution is 8.01. The highest BCUT2D eigenvalue weighted by Crippen LogP contribution is 2.29. The highest BCUT2D eigenvalue weighted by Gasteiger charge is 2.29. The number of carbonyl (C=O) groups excluding carboxylic acids is 1. The molecule has 0 radical (unpaired) electrons. The average molecular weight is 476 g/mol. The van der Waals surface area contributed by atoms with Crippen LogP contribution in [0.4, 0.5) is 0 Å². The Labute approximate surface area is 191 Å². The lowest BCUT2D eigenvalue weighted by molar-refractivity contribution is -0.132. The Morgan fingerprint density at radius 1 is 1.06 bits per heavy atom. The molecule has 0 saturated carbocycles. The Bertz CT molecular complexity index is 1120. The van der Waals surface area contributed by atoms with Gasteiger partial charge in [-0.1, -0.05) is 41.6 Å². The standard InChI is InChI=1S/C22H25N3O3S3/c1-17-8-10-18(11-9-17)31(27,28)25-14-12-24(13-15-25)21(26)7-4-16-29-22-23-19-5-2-3-6-20(19)30-22/h2-3,5-6,8-11H,4,7,12-16H2,1H3. The third-order valence-corrected chi connectivity index (χ3v) is 9.46. The zero-order valence-corrected chi connectivity index (χ0v) is 19.8. The molecular weight excluding hydrogens is 450 g/mol. The summed E-state index contributed by atoms with van der Waals surface area (Å²) in [6, 6.07) is 15.0. The van der Waals surface area contributed by atoms with Crippen molar-refractivity contribution in [2.45, 2.75) is 29.0 Å². The van der Waals surface area contributed by atoms with Crippen LogP contribution in [0.5, 0.6) is 0 Å². The van der Waals surface area contributed by atoms with Crippen LogP contribution in [0.25, 0.3) is 10.2 Å². The van der Waals surface area contributed by atoms with Crippen molar-refractivity contribution < 1.29 is 13.2 Å². The topological polar surface area (TPSA) is 70.6 Å². The number of benzene rings is 2. The molecule has 31 heavy (non-hydrogen) atoms. The molecule has 6 nitrogen and oxygen atoms in total. The minimum Gasteiger partial charge on any atom is -0.340 e. The van der Waals surface area contributed by atoms with E-state index in [4.69, 9.17) is 0 Å². The monoisotopic (exact) mass is 475 g/mol. The van der Waals surface area contributed by atoms with Crippen LogP contribution in [0, 0.1) is 6.92 Å². The first-order valence-corrected chi connectivity index (χ1v) is 13.5. The molecule has 9 heteroatoms. The van der Waals surface area contributed by atoms with Gasteiger partial charge in [-0.2, -0.15) is 4.31 Å². The zero-order chi connectivity index (χ0) is 21.8. The predicted octanol–water partition coefficient (Wildman–Crippen LogP) is 4.01. The Morgan fingerprint density at radius 3 is 2.48 bits per heavy atom. The minimum atomic E-state index is -3.50. The first-order chi connectivity index (χ1) is 14.9. The number of aryl methyl sites for hydroxylation is 1. The van der Waals surface area contributed by atoms with Crippen LogP contribution in [0.15, 0.2) is 57.8 Å². The summed E-state index contributed by atoms with van der Waals surface area (Å²) in [5.41, 5.74) is 2.04. The summed E-state index contributed by atoms with van der Waals surface area (Å²) >= 11 is 3.37. The SMILES string of the molecule is Cc1ccc(S(=O)(=O)N2CCN(C(=O)CCCSc3nc4ccccc4s3)CC2)cc1. The third-order valence-electron chi connectivity index (χ3n) is 5.28. The van der Waals surface area contributed by atoms with Gasteiger partial charge in [0.2, 0.25) is 15.9 Å². The second kappa shape index (κ2) is 9.68. The number of nitrogens with zero attached hydrogens (tertiary/aromatic N) is 3. The Kier molecular flexibility index (Phi) is 6.95. The van der Waals surface area contributed by atoms with Gasteiger partial charge >= 0.3 is 0 Å². The van der Waals surface area contributed by atoms with Crippen molar-refractivity contribution in [2.24, 2.45) is 0 Å². The van der Waals surface area contributed by atoms with Crippen LogP contribution in [0.3, 0.4) is 0 Å². The second-order valence-corrected chi connectivity index (χ2v) is 11.8. The molecule has 4 rings (SSSR count). The van der Waals surface area contributed by atoms with E-state index in [9.17, 15) is 13.2 Å². The number of hydrogen-bond acceptors (Lipinski definition) is 6. The predicted molar refractivity (Wildman–Crippen MR) is 126 cm³/mol. The summed E-state index contributed by atoms with van der Waals surface area (Å²) in [5, 5.41) is 0. The number of carbonyl (C=O) groups is 1. The maximum Gasteiger partial charge on any atom is 0.243 e. The summed E-state index contributed by atoms with van der Waals surface area (Å²) in [6.07, 6.45) is 1.25. The van der Waals surface area contributed by atoms with Crippen molar-refractivity contribution in [3.8, 4) is 0 Å². The lowest BCUT2D eigenvalue weighted by Gasteiger charge is -2.34. The van der Waals surface area contributed by atoms with Crippen molar-refractivity contribution in [3.05, 3.63) is 54.1 Å². The molecule has 164 valence electrons. The molecule has 0 atom stereocenters. The first-order valence-electron chi connectivity index (χ1n) is 10.3. The normalized spacial score (nSPS) is 15.5. The van der Waals surface area contributed by atoms with E-state index in [0.29, 0.717) is 37.5 Å². The number of thioether (sulfide) groups is 1. The fourth-order valence-electron chi connectivity index (χ4n) is 3.49. The molecule has 3 aromatic rings. The lowest BCUT2D eigenvalue weighted by Crippen LogP contribution is -2.50. The molecule has 1 aliphatic heterocycles. The Balaban J connectivity index is 1.22. The van der Waals surface area contributed by atoms with Gasteiger partial charge in [0.1, 0.15) is 0 Å². The molecule has 0 unspecified atom stereocenters. The number of thiazole rings is 1. The smallest absolute Gasteiger partial charge is 0.243 e. The summed E-state index contributed by atoms with van der Waals surface area (Å²) in [6.45, 7) is 3.48. The zero-order valence-electron chi connectivity index (χ0n) is 17.4. The van der Waals surface area contributed by atoms with E-state index in [-0.39, 0.29) is 5.91 Å². The molecule has 0 N–H and O–H groups in total. The van der Waals surface area contributed by atoms with Crippen LogP contribution in [0.2, 0.25) is 0 Å². The van der Waals surface area contributed by atoms with E-state index in [1.54, 1.807) is 52.3 Å². The fourth-order valence-corrected chi connectivity index (χ4v) is 6.99. The summed E-state index contributed by atoms with van der Waals surface area (Å²) < 4.78 is 29.3. The lowest BCUT2D eigenvalue weighted by atomic mass is 10.2. The van der Waals surface area contributed by atoms with Gasteiger partial charge in [-0.25, -0.2) is 13.4 Å². The highest BCUT2D eigenvalue weighted by atomic mass is 32.2. The number of para-hydroxylation sites is 1. The van der Waals surface area contributed by atoms with Crippen molar-refractivity contribution >= 4 is 49.2 Å². The van der Waals surface area contributed by atoms with Crippen LogP contribution < -0.4 is 0 Å². The summed E-state index contributed by atoms with van der Waals surface area (Å²) in [4.78, 5) is 19.2. The first kappa shape index (κ1) is 22.3. The molecule has 1 aliphatic rings. The molecule has 0 aliphatic carbocycles. The van der Waals surface area contributed by atoms with Gasteiger partial charge in [-0.15, -0.1) is 11.3 Å². The largest absolute Gasteiger partial charge is 0.340 e. The number of hydrogen-bond donors (Lipinski definition) is 0. The van der Waals surface area contributed by atoms with Crippen molar-refractivity contribution in [1.82, 2.24) is 14.2 Å². The summed E-state index contributed by atoms with van der Waals surface area (Å²) in [7, 11) is -3.50. The van der Waals surface area contributed by atoms with Crippen LogP contribution in [0.1, 0.15) is 18.4 Å². The number of aromatic nitrogens is 1. The Hall–Kier alpha value is -1.94. The second-order valence-electron chi connectivity index (χ2n) is 7.50. The number of fused-ring (bicyclic) bond motifs is 1. The number of piperazine rings is 1. The maximum atomic E-state index is 12.8. The van der Waals surface area contributed by atoms with E-state index < -0.39 is 10.0 Å².